The number of halogens is 2. The zero-order chi connectivity index (χ0) is 42.5. The normalized spacial score (nSPS) is 20.1. The topological polar surface area (TPSA) is 19.6 Å². The molecule has 0 N–H and O–H groups in total. The van der Waals surface area contributed by atoms with Gasteiger partial charge >= 0.3 is 0 Å². The van der Waals surface area contributed by atoms with Gasteiger partial charge < -0.3 is 14.2 Å². The fourth-order valence-electron chi connectivity index (χ4n) is 11.3. The molecule has 62 heavy (non-hydrogen) atoms. The van der Waals surface area contributed by atoms with Crippen LogP contribution in [-0.4, -0.2) is 12.1 Å². The second kappa shape index (κ2) is 16.1. The molecule has 10 rings (SSSR count). The fourth-order valence-corrected chi connectivity index (χ4v) is 11.3. The Kier molecular flexibility index (Phi) is 10.3. The van der Waals surface area contributed by atoms with Crippen molar-refractivity contribution < 1.29 is 13.2 Å². The highest BCUT2D eigenvalue weighted by atomic mass is 19.1. The van der Waals surface area contributed by atoms with Gasteiger partial charge in [0.05, 0.1) is 16.5 Å². The maximum absolute atomic E-state index is 15.7. The third-order valence-corrected chi connectivity index (χ3v) is 13.8. The molecule has 3 nitrogen and oxygen atoms in total. The van der Waals surface area contributed by atoms with Gasteiger partial charge in [0.2, 0.25) is 0 Å². The molecule has 0 amide bonds. The third-order valence-electron chi connectivity index (χ3n) is 13.8. The Hall–Kier alpha value is -6.46. The van der Waals surface area contributed by atoms with Crippen LogP contribution in [0.2, 0.25) is 0 Å². The van der Waals surface area contributed by atoms with Crippen LogP contribution in [0, 0.1) is 11.6 Å². The first-order valence-corrected chi connectivity index (χ1v) is 22.3. The van der Waals surface area contributed by atoms with Crippen molar-refractivity contribution in [1.29, 1.82) is 0 Å². The number of rotatable bonds is 10. The summed E-state index contributed by atoms with van der Waals surface area (Å²) in [6.07, 6.45) is 22.6. The predicted molar refractivity (Wildman–Crippen MR) is 253 cm³/mol. The van der Waals surface area contributed by atoms with E-state index in [-0.39, 0.29) is 23.7 Å². The van der Waals surface area contributed by atoms with Crippen molar-refractivity contribution in [2.24, 2.45) is 0 Å². The lowest BCUT2D eigenvalue weighted by atomic mass is 9.66. The van der Waals surface area contributed by atoms with Crippen molar-refractivity contribution in [1.82, 2.24) is 0 Å². The summed E-state index contributed by atoms with van der Waals surface area (Å²) in [7, 11) is 0. The van der Waals surface area contributed by atoms with Gasteiger partial charge in [0.25, 0.3) is 0 Å². The van der Waals surface area contributed by atoms with E-state index in [1.54, 1.807) is 24.3 Å². The van der Waals surface area contributed by atoms with E-state index in [0.717, 1.165) is 106 Å². The second-order valence-corrected chi connectivity index (χ2v) is 17.2. The molecular formula is C57H52F2N2O. The number of anilines is 3. The SMILES string of the molecule is C=C(/C=C\C=C/CC)N(c1cc2c(c3oc4c(c13)C=CCC4)C(C)=C(/C=C\C)C2(c1cccc(F)c1)c1cccc(F)c1)C1CCC2c3ccccc3N(c3ccccc3)C2C1. The Balaban J connectivity index is 1.25. The van der Waals surface area contributed by atoms with Crippen molar-refractivity contribution in [2.75, 3.05) is 9.80 Å². The van der Waals surface area contributed by atoms with E-state index in [1.165, 1.54) is 29.1 Å². The molecule has 0 spiro atoms. The highest BCUT2D eigenvalue weighted by Crippen LogP contribution is 2.60. The minimum atomic E-state index is -1.07. The molecule has 5 aromatic carbocycles. The number of para-hydroxylation sites is 2. The minimum absolute atomic E-state index is 0.0617. The number of hydrogen-bond acceptors (Lipinski definition) is 3. The van der Waals surface area contributed by atoms with Gasteiger partial charge in [0.15, 0.2) is 0 Å². The summed E-state index contributed by atoms with van der Waals surface area (Å²) in [6.45, 7) is 11.1. The molecule has 0 saturated heterocycles. The van der Waals surface area contributed by atoms with E-state index in [0.29, 0.717) is 5.92 Å². The molecule has 1 fully saturated rings. The average molecular weight is 819 g/mol. The number of furan rings is 1. The first-order chi connectivity index (χ1) is 30.3. The highest BCUT2D eigenvalue weighted by molar-refractivity contribution is 6.09. The van der Waals surface area contributed by atoms with E-state index in [4.69, 9.17) is 11.0 Å². The lowest BCUT2D eigenvalue weighted by molar-refractivity contribution is 0.355. The number of hydrogen-bond donors (Lipinski definition) is 0. The lowest BCUT2D eigenvalue weighted by Crippen LogP contribution is -2.45. The van der Waals surface area contributed by atoms with Gasteiger partial charge in [-0.3, -0.25) is 0 Å². The molecule has 310 valence electrons. The number of aryl methyl sites for hydroxylation is 1. The Labute approximate surface area is 364 Å². The summed E-state index contributed by atoms with van der Waals surface area (Å²) < 4.78 is 38.5. The van der Waals surface area contributed by atoms with Gasteiger partial charge in [0, 0.05) is 52.6 Å². The van der Waals surface area contributed by atoms with Crippen LogP contribution in [-0.2, 0) is 11.8 Å². The zero-order valence-electron chi connectivity index (χ0n) is 35.8. The van der Waals surface area contributed by atoms with E-state index in [2.05, 4.69) is 127 Å². The molecule has 1 saturated carbocycles. The molecule has 3 unspecified atom stereocenters. The molecule has 2 heterocycles. The van der Waals surface area contributed by atoms with Crippen LogP contribution in [0.1, 0.15) is 97.9 Å². The van der Waals surface area contributed by atoms with Gasteiger partial charge in [-0.1, -0.05) is 117 Å². The molecule has 0 bridgehead atoms. The van der Waals surface area contributed by atoms with Crippen LogP contribution < -0.4 is 9.80 Å². The maximum Gasteiger partial charge on any atom is 0.144 e. The van der Waals surface area contributed by atoms with Crippen LogP contribution in [0.25, 0.3) is 22.6 Å². The summed E-state index contributed by atoms with van der Waals surface area (Å²) in [5.41, 5.74) is 12.0. The molecule has 4 aliphatic rings. The van der Waals surface area contributed by atoms with E-state index < -0.39 is 5.41 Å². The monoisotopic (exact) mass is 818 g/mol. The largest absolute Gasteiger partial charge is 0.460 e. The number of fused-ring (bicyclic) bond motifs is 8. The Morgan fingerprint density at radius 3 is 2.37 bits per heavy atom. The van der Waals surface area contributed by atoms with Crippen molar-refractivity contribution >= 4 is 39.7 Å². The average Bonchev–Trinajstić information content (AvgIpc) is 3.92. The van der Waals surface area contributed by atoms with Crippen LogP contribution in [0.3, 0.4) is 0 Å². The minimum Gasteiger partial charge on any atom is -0.460 e. The quantitative estimate of drug-likeness (QED) is 0.128. The molecule has 0 radical (unpaired) electrons. The van der Waals surface area contributed by atoms with Gasteiger partial charge in [0.1, 0.15) is 23.0 Å². The van der Waals surface area contributed by atoms with Crippen LogP contribution in [0.4, 0.5) is 25.8 Å². The fraction of sp³-hybridized carbons (Fsp3) is 0.228. The smallest absolute Gasteiger partial charge is 0.144 e. The summed E-state index contributed by atoms with van der Waals surface area (Å²) in [6, 6.07) is 36.0. The number of benzene rings is 5. The zero-order valence-corrected chi connectivity index (χ0v) is 35.8. The maximum atomic E-state index is 15.7. The van der Waals surface area contributed by atoms with E-state index >= 15 is 8.78 Å². The van der Waals surface area contributed by atoms with E-state index in [9.17, 15) is 0 Å². The molecule has 6 aromatic rings. The molecule has 1 aliphatic heterocycles. The second-order valence-electron chi connectivity index (χ2n) is 17.2. The Morgan fingerprint density at radius 1 is 0.903 bits per heavy atom. The molecule has 3 aliphatic carbocycles. The first kappa shape index (κ1) is 39.7. The van der Waals surface area contributed by atoms with Crippen LogP contribution in [0.15, 0.2) is 174 Å². The van der Waals surface area contributed by atoms with Gasteiger partial charge in [-0.05, 0) is 134 Å². The van der Waals surface area contributed by atoms with Crippen LogP contribution >= 0.6 is 0 Å². The van der Waals surface area contributed by atoms with Crippen molar-refractivity contribution in [3.05, 3.63) is 220 Å². The molecule has 3 atom stereocenters. The van der Waals surface area contributed by atoms with Crippen molar-refractivity contribution in [3.8, 4) is 0 Å². The molecule has 5 heteroatoms. The third kappa shape index (κ3) is 6.27. The Bertz CT molecular complexity index is 2830. The standard InChI is InChI=1S/C57H52F2N2O/c1-5-7-8-10-20-37(3)60(44-31-32-46-45-27-13-15-29-50(45)61(51(46)35-44)43-25-11-9-12-26-43)52-36-49-54(56-55(52)47-28-14-16-30-53(47)62-56)38(4)48(19-6-2)57(49,39-21-17-23-41(58)33-39)40-22-18-24-42(59)34-40/h6-15,17-29,33-34,36,44,46,51H,3,5,16,30-32,35H2,1-2,4H3/b8-7-,19-6-,20-10-. The Morgan fingerprint density at radius 2 is 1.65 bits per heavy atom. The molecule has 1 aromatic heterocycles. The lowest BCUT2D eigenvalue weighted by Gasteiger charge is -2.44. The summed E-state index contributed by atoms with van der Waals surface area (Å²) in [5.74, 6) is 0.654. The summed E-state index contributed by atoms with van der Waals surface area (Å²) in [5, 5.41) is 1.05. The van der Waals surface area contributed by atoms with E-state index in [1.807, 2.05) is 25.1 Å². The molecular weight excluding hydrogens is 767 g/mol. The highest BCUT2D eigenvalue weighted by Gasteiger charge is 2.50. The van der Waals surface area contributed by atoms with Crippen molar-refractivity contribution in [2.45, 2.75) is 82.7 Å². The van der Waals surface area contributed by atoms with Crippen LogP contribution in [0.5, 0.6) is 0 Å². The first-order valence-electron chi connectivity index (χ1n) is 22.3. The van der Waals surface area contributed by atoms with Crippen molar-refractivity contribution in [3.63, 3.8) is 0 Å². The van der Waals surface area contributed by atoms with Gasteiger partial charge in [-0.25, -0.2) is 8.78 Å². The summed E-state index contributed by atoms with van der Waals surface area (Å²) >= 11 is 0. The summed E-state index contributed by atoms with van der Waals surface area (Å²) in [4.78, 5) is 5.06. The van der Waals surface area contributed by atoms with Gasteiger partial charge in [-0.2, -0.15) is 0 Å². The number of nitrogens with zero attached hydrogens (tertiary/aromatic N) is 2. The predicted octanol–water partition coefficient (Wildman–Crippen LogP) is 15.1. The number of allylic oxidation sites excluding steroid dienone is 9. The van der Waals surface area contributed by atoms with Gasteiger partial charge in [-0.15, -0.1) is 0 Å².